The minimum Gasteiger partial charge on any atom is -0.497 e. The smallest absolute Gasteiger partial charge is 0.342 e. The third-order valence-electron chi connectivity index (χ3n) is 4.31. The molecule has 2 aromatic carbocycles. The summed E-state index contributed by atoms with van der Waals surface area (Å²) >= 11 is 0. The van der Waals surface area contributed by atoms with Crippen molar-refractivity contribution in [1.29, 1.82) is 0 Å². The molecule has 3 rings (SSSR count). The van der Waals surface area contributed by atoms with E-state index in [4.69, 9.17) is 4.74 Å². The van der Waals surface area contributed by atoms with Crippen molar-refractivity contribution in [3.05, 3.63) is 81.0 Å². The van der Waals surface area contributed by atoms with Crippen molar-refractivity contribution < 1.29 is 27.8 Å². The van der Waals surface area contributed by atoms with Gasteiger partial charge in [0.25, 0.3) is 5.56 Å². The predicted molar refractivity (Wildman–Crippen MR) is 102 cm³/mol. The zero-order chi connectivity index (χ0) is 22.0. The summed E-state index contributed by atoms with van der Waals surface area (Å²) < 4.78 is 46.8. The quantitative estimate of drug-likeness (QED) is 0.595. The van der Waals surface area contributed by atoms with E-state index in [9.17, 15) is 27.9 Å². The molecule has 2 N–H and O–H groups in total. The molecule has 0 aliphatic carbocycles. The molecule has 0 aliphatic heterocycles. The lowest BCUT2D eigenvalue weighted by molar-refractivity contribution is 0.0694. The van der Waals surface area contributed by atoms with Crippen molar-refractivity contribution in [2.75, 3.05) is 12.4 Å². The summed E-state index contributed by atoms with van der Waals surface area (Å²) in [4.78, 5) is 27.2. The van der Waals surface area contributed by atoms with Crippen LogP contribution in [0.15, 0.2) is 41.3 Å². The second-order valence-corrected chi connectivity index (χ2v) is 6.40. The molecule has 156 valence electrons. The van der Waals surface area contributed by atoms with E-state index in [-0.39, 0.29) is 18.1 Å². The first-order valence-electron chi connectivity index (χ1n) is 8.59. The van der Waals surface area contributed by atoms with Gasteiger partial charge < -0.3 is 19.7 Å². The van der Waals surface area contributed by atoms with Crippen molar-refractivity contribution in [2.45, 2.75) is 13.5 Å². The maximum Gasteiger partial charge on any atom is 0.342 e. The summed E-state index contributed by atoms with van der Waals surface area (Å²) in [7, 11) is 1.47. The van der Waals surface area contributed by atoms with Gasteiger partial charge in [0.15, 0.2) is 17.5 Å². The highest BCUT2D eigenvalue weighted by molar-refractivity contribution is 5.86. The van der Waals surface area contributed by atoms with Crippen molar-refractivity contribution in [3.8, 4) is 5.75 Å². The molecule has 0 saturated heterocycles. The van der Waals surface area contributed by atoms with Crippen LogP contribution in [-0.4, -0.2) is 27.7 Å². The lowest BCUT2D eigenvalue weighted by Crippen LogP contribution is -2.24. The van der Waals surface area contributed by atoms with Gasteiger partial charge in [0.05, 0.1) is 13.7 Å². The van der Waals surface area contributed by atoms with Gasteiger partial charge in [-0.25, -0.2) is 18.0 Å². The van der Waals surface area contributed by atoms with E-state index in [1.54, 1.807) is 25.1 Å². The average Bonchev–Trinajstić information content (AvgIpc) is 2.69. The molecule has 1 aromatic heterocycles. The number of carbonyl (C=O) groups is 1. The van der Waals surface area contributed by atoms with Crippen LogP contribution in [-0.2, 0) is 6.54 Å². The lowest BCUT2D eigenvalue weighted by atomic mass is 10.2. The molecule has 0 radical (unpaired) electrons. The summed E-state index contributed by atoms with van der Waals surface area (Å²) in [5.41, 5.74) is -0.366. The predicted octanol–water partition coefficient (Wildman–Crippen LogP) is 3.47. The second-order valence-electron chi connectivity index (χ2n) is 6.40. The molecule has 0 bridgehead atoms. The molecule has 3 aromatic rings. The fraction of sp³-hybridized carbons (Fsp3) is 0.150. The molecule has 0 aliphatic rings. The number of aryl methyl sites for hydroxylation is 1. The van der Waals surface area contributed by atoms with Gasteiger partial charge in [-0.3, -0.25) is 4.79 Å². The van der Waals surface area contributed by atoms with E-state index in [1.807, 2.05) is 0 Å². The molecule has 0 unspecified atom stereocenters. The zero-order valence-electron chi connectivity index (χ0n) is 15.9. The van der Waals surface area contributed by atoms with E-state index < -0.39 is 34.5 Å². The minimum atomic E-state index is -1.62. The Hall–Kier alpha value is -3.82. The van der Waals surface area contributed by atoms with E-state index >= 15 is 0 Å². The third kappa shape index (κ3) is 4.27. The van der Waals surface area contributed by atoms with Gasteiger partial charge in [-0.1, -0.05) is 6.07 Å². The number of nitrogens with one attached hydrogen (secondary N) is 1. The highest BCUT2D eigenvalue weighted by Crippen LogP contribution is 2.25. The molecule has 0 fully saturated rings. The van der Waals surface area contributed by atoms with Crippen LogP contribution in [0.25, 0.3) is 0 Å². The zero-order valence-corrected chi connectivity index (χ0v) is 15.9. The number of hydrogen-bond donors (Lipinski definition) is 2. The Balaban J connectivity index is 2.10. The van der Waals surface area contributed by atoms with Gasteiger partial charge in [-0.2, -0.15) is 4.98 Å². The Kier molecular flexibility index (Phi) is 5.77. The summed E-state index contributed by atoms with van der Waals surface area (Å²) in [6, 6.07) is 6.65. The van der Waals surface area contributed by atoms with Gasteiger partial charge in [-0.05, 0) is 36.2 Å². The van der Waals surface area contributed by atoms with Crippen LogP contribution >= 0.6 is 0 Å². The minimum absolute atomic E-state index is 0.00129. The van der Waals surface area contributed by atoms with E-state index in [2.05, 4.69) is 10.3 Å². The molecule has 10 heteroatoms. The maximum atomic E-state index is 13.6. The Bertz CT molecular complexity index is 1170. The van der Waals surface area contributed by atoms with Gasteiger partial charge >= 0.3 is 5.97 Å². The Labute approximate surface area is 168 Å². The molecule has 1 heterocycles. The van der Waals surface area contributed by atoms with Crippen LogP contribution in [0.1, 0.15) is 21.5 Å². The average molecular weight is 419 g/mol. The summed E-state index contributed by atoms with van der Waals surface area (Å²) in [6.45, 7) is 1.49. The number of nitrogens with zero attached hydrogens (tertiary/aromatic N) is 2. The first kappa shape index (κ1) is 20.9. The standard InChI is InChI=1S/C20H16F3N3O4/c1-10-3-4-12(30-2)7-16(10)24-20-25-18(27)13(19(28)29)9-26(20)8-11-5-14(21)17(23)15(22)6-11/h3-7,9H,8H2,1-2H3,(H,28,29)(H,24,25,27). The number of rotatable bonds is 6. The van der Waals surface area contributed by atoms with Crippen LogP contribution in [0.3, 0.4) is 0 Å². The SMILES string of the molecule is COc1ccc(C)c(Nc2nc(=O)c(C(=O)O)cn2Cc2cc(F)c(F)c(F)c2)c1. The largest absolute Gasteiger partial charge is 0.497 e. The van der Waals surface area contributed by atoms with E-state index in [0.29, 0.717) is 11.4 Å². The fourth-order valence-corrected chi connectivity index (χ4v) is 2.74. The molecular weight excluding hydrogens is 403 g/mol. The van der Waals surface area contributed by atoms with Crippen LogP contribution in [0.5, 0.6) is 5.75 Å². The number of carboxylic acid groups (broad SMARTS) is 1. The molecule has 0 atom stereocenters. The molecule has 30 heavy (non-hydrogen) atoms. The normalized spacial score (nSPS) is 10.7. The topological polar surface area (TPSA) is 93.4 Å². The lowest BCUT2D eigenvalue weighted by Gasteiger charge is -2.17. The first-order chi connectivity index (χ1) is 14.2. The number of ether oxygens (including phenoxy) is 1. The number of benzene rings is 2. The number of anilines is 2. The van der Waals surface area contributed by atoms with Crippen LogP contribution in [0.2, 0.25) is 0 Å². The number of halogens is 3. The van der Waals surface area contributed by atoms with Gasteiger partial charge in [0.1, 0.15) is 11.3 Å². The first-order valence-corrected chi connectivity index (χ1v) is 8.59. The van der Waals surface area contributed by atoms with Crippen molar-refractivity contribution in [2.24, 2.45) is 0 Å². The summed E-state index contributed by atoms with van der Waals surface area (Å²) in [6.07, 6.45) is 0.995. The van der Waals surface area contributed by atoms with Crippen LogP contribution in [0, 0.1) is 24.4 Å². The van der Waals surface area contributed by atoms with Crippen molar-refractivity contribution in [1.82, 2.24) is 9.55 Å². The van der Waals surface area contributed by atoms with E-state index in [0.717, 1.165) is 23.9 Å². The van der Waals surface area contributed by atoms with E-state index in [1.165, 1.54) is 11.7 Å². The number of aromatic nitrogens is 2. The third-order valence-corrected chi connectivity index (χ3v) is 4.31. The van der Waals surface area contributed by atoms with Gasteiger partial charge in [-0.15, -0.1) is 0 Å². The highest BCUT2D eigenvalue weighted by Gasteiger charge is 2.17. The van der Waals surface area contributed by atoms with Gasteiger partial charge in [0.2, 0.25) is 5.95 Å². The Morgan fingerprint density at radius 1 is 1.20 bits per heavy atom. The summed E-state index contributed by atoms with van der Waals surface area (Å²) in [5, 5.41) is 12.1. The monoisotopic (exact) mass is 419 g/mol. The van der Waals surface area contributed by atoms with Crippen molar-refractivity contribution >= 4 is 17.6 Å². The number of methoxy groups -OCH3 is 1. The number of aromatic carboxylic acids is 1. The van der Waals surface area contributed by atoms with Gasteiger partial charge in [0, 0.05) is 18.0 Å². The molecule has 0 saturated carbocycles. The maximum absolute atomic E-state index is 13.6. The van der Waals surface area contributed by atoms with Crippen LogP contribution < -0.4 is 15.6 Å². The van der Waals surface area contributed by atoms with Crippen molar-refractivity contribution in [3.63, 3.8) is 0 Å². The molecule has 7 nitrogen and oxygen atoms in total. The molecule has 0 amide bonds. The second kappa shape index (κ2) is 8.27. The Morgan fingerprint density at radius 3 is 2.47 bits per heavy atom. The number of carboxylic acids is 1. The number of hydrogen-bond acceptors (Lipinski definition) is 5. The molecule has 0 spiro atoms. The Morgan fingerprint density at radius 2 is 1.87 bits per heavy atom. The fourth-order valence-electron chi connectivity index (χ4n) is 2.74. The molecular formula is C20H16F3N3O4. The summed E-state index contributed by atoms with van der Waals surface area (Å²) in [5.74, 6) is -5.48. The van der Waals surface area contributed by atoms with Crippen LogP contribution in [0.4, 0.5) is 24.8 Å². The highest BCUT2D eigenvalue weighted by atomic mass is 19.2.